The van der Waals surface area contributed by atoms with Crippen LogP contribution in [-0.4, -0.2) is 4.98 Å². The van der Waals surface area contributed by atoms with Crippen molar-refractivity contribution >= 4 is 17.4 Å². The zero-order chi connectivity index (χ0) is 9.72. The summed E-state index contributed by atoms with van der Waals surface area (Å²) in [6.07, 6.45) is 0. The monoisotopic (exact) mass is 190 g/mol. The molecule has 4 heteroatoms. The topological polar surface area (TPSA) is 38.9 Å². The molecule has 0 saturated heterocycles. The molecular formula is C8H12ClFN2. The SMILES string of the molecule is CC.Cc1cc(Cl)c(N)nc1F. The average molecular weight is 191 g/mol. The van der Waals surface area contributed by atoms with Gasteiger partial charge in [0.05, 0.1) is 5.02 Å². The Bertz CT molecular complexity index is 213. The quantitative estimate of drug-likeness (QED) is 0.639. The van der Waals surface area contributed by atoms with Gasteiger partial charge in [0.2, 0.25) is 5.95 Å². The van der Waals surface area contributed by atoms with Gasteiger partial charge in [-0.3, -0.25) is 0 Å². The van der Waals surface area contributed by atoms with E-state index in [2.05, 4.69) is 4.98 Å². The standard InChI is InChI=1S/C6H6ClFN2.C2H6/c1-3-2-4(7)6(9)10-5(3)8;1-2/h2H,1H3,(H2,9,10);1-2H3. The first-order valence-electron chi connectivity index (χ1n) is 3.69. The second kappa shape index (κ2) is 4.93. The maximum atomic E-state index is 12.5. The maximum absolute atomic E-state index is 12.5. The number of nitrogens with two attached hydrogens (primary N) is 1. The molecule has 0 aliphatic heterocycles. The molecule has 2 nitrogen and oxygen atoms in total. The molecule has 1 aromatic heterocycles. The number of nitrogens with zero attached hydrogens (tertiary/aromatic N) is 1. The highest BCUT2D eigenvalue weighted by atomic mass is 35.5. The van der Waals surface area contributed by atoms with Crippen LogP contribution in [0.15, 0.2) is 6.07 Å². The highest BCUT2D eigenvalue weighted by Gasteiger charge is 2.02. The summed E-state index contributed by atoms with van der Waals surface area (Å²) in [6.45, 7) is 5.58. The van der Waals surface area contributed by atoms with Crippen LogP contribution in [0.4, 0.5) is 10.2 Å². The van der Waals surface area contributed by atoms with Crippen LogP contribution in [0.5, 0.6) is 0 Å². The fourth-order valence-corrected chi connectivity index (χ4v) is 0.777. The van der Waals surface area contributed by atoms with Gasteiger partial charge in [-0.1, -0.05) is 25.4 Å². The summed E-state index contributed by atoms with van der Waals surface area (Å²) < 4.78 is 12.5. The number of hydrogen-bond acceptors (Lipinski definition) is 2. The number of aromatic nitrogens is 1. The van der Waals surface area contributed by atoms with Crippen LogP contribution >= 0.6 is 11.6 Å². The van der Waals surface area contributed by atoms with Gasteiger partial charge in [-0.05, 0) is 13.0 Å². The minimum Gasteiger partial charge on any atom is -0.382 e. The number of hydrogen-bond donors (Lipinski definition) is 1. The molecule has 0 unspecified atom stereocenters. The lowest BCUT2D eigenvalue weighted by Crippen LogP contribution is -1.96. The first kappa shape index (κ1) is 11.2. The summed E-state index contributed by atoms with van der Waals surface area (Å²) in [5.74, 6) is -0.535. The van der Waals surface area contributed by atoms with E-state index >= 15 is 0 Å². The van der Waals surface area contributed by atoms with E-state index in [0.717, 1.165) is 0 Å². The summed E-state index contributed by atoms with van der Waals surface area (Å²) in [6, 6.07) is 1.44. The molecule has 0 aliphatic carbocycles. The summed E-state index contributed by atoms with van der Waals surface area (Å²) >= 11 is 5.53. The number of aryl methyl sites for hydroxylation is 1. The molecule has 1 rings (SSSR count). The lowest BCUT2D eigenvalue weighted by atomic mass is 10.3. The highest BCUT2D eigenvalue weighted by molar-refractivity contribution is 6.32. The molecule has 0 spiro atoms. The van der Waals surface area contributed by atoms with Gasteiger partial charge in [-0.2, -0.15) is 4.39 Å². The third kappa shape index (κ3) is 2.66. The molecule has 1 heterocycles. The van der Waals surface area contributed by atoms with Crippen LogP contribution < -0.4 is 5.73 Å². The molecule has 68 valence electrons. The van der Waals surface area contributed by atoms with Crippen molar-refractivity contribution in [2.75, 3.05) is 5.73 Å². The molecule has 0 fully saturated rings. The van der Waals surface area contributed by atoms with Crippen LogP contribution in [0.25, 0.3) is 0 Å². The second-order valence-corrected chi connectivity index (χ2v) is 2.37. The van der Waals surface area contributed by atoms with Crippen molar-refractivity contribution in [3.63, 3.8) is 0 Å². The number of nitrogen functional groups attached to an aromatic ring is 1. The van der Waals surface area contributed by atoms with Crippen LogP contribution in [0.1, 0.15) is 19.4 Å². The Morgan fingerprint density at radius 2 is 2.00 bits per heavy atom. The molecule has 0 saturated carbocycles. The molecule has 0 amide bonds. The Morgan fingerprint density at radius 3 is 2.42 bits per heavy atom. The van der Waals surface area contributed by atoms with E-state index in [0.29, 0.717) is 10.6 Å². The highest BCUT2D eigenvalue weighted by Crippen LogP contribution is 2.18. The first-order chi connectivity index (χ1) is 5.61. The second-order valence-electron chi connectivity index (χ2n) is 1.96. The van der Waals surface area contributed by atoms with E-state index in [-0.39, 0.29) is 5.82 Å². The lowest BCUT2D eigenvalue weighted by Gasteiger charge is -1.98. The average Bonchev–Trinajstić information content (AvgIpc) is 2.05. The van der Waals surface area contributed by atoms with E-state index in [1.54, 1.807) is 6.92 Å². The summed E-state index contributed by atoms with van der Waals surface area (Å²) in [4.78, 5) is 3.35. The molecule has 12 heavy (non-hydrogen) atoms. The summed E-state index contributed by atoms with van der Waals surface area (Å²) in [5, 5.41) is 0.291. The van der Waals surface area contributed by atoms with Gasteiger partial charge in [0.1, 0.15) is 5.82 Å². The minimum atomic E-state index is -0.568. The van der Waals surface area contributed by atoms with Crippen molar-refractivity contribution in [1.82, 2.24) is 4.98 Å². The van der Waals surface area contributed by atoms with E-state index < -0.39 is 5.95 Å². The molecule has 0 radical (unpaired) electrons. The van der Waals surface area contributed by atoms with Crippen molar-refractivity contribution < 1.29 is 4.39 Å². The first-order valence-corrected chi connectivity index (χ1v) is 4.07. The molecule has 1 aromatic rings. The number of anilines is 1. The molecule has 0 aliphatic rings. The van der Waals surface area contributed by atoms with E-state index in [9.17, 15) is 4.39 Å². The van der Waals surface area contributed by atoms with Gasteiger partial charge in [0.25, 0.3) is 0 Å². The molecular weight excluding hydrogens is 179 g/mol. The van der Waals surface area contributed by atoms with Crippen LogP contribution in [0.2, 0.25) is 5.02 Å². The van der Waals surface area contributed by atoms with Gasteiger partial charge in [-0.25, -0.2) is 4.98 Å². The largest absolute Gasteiger partial charge is 0.382 e. The summed E-state index contributed by atoms with van der Waals surface area (Å²) in [5.41, 5.74) is 5.61. The van der Waals surface area contributed by atoms with Crippen LogP contribution in [-0.2, 0) is 0 Å². The molecule has 2 N–H and O–H groups in total. The van der Waals surface area contributed by atoms with Crippen molar-refractivity contribution in [2.24, 2.45) is 0 Å². The zero-order valence-electron chi connectivity index (χ0n) is 7.36. The van der Waals surface area contributed by atoms with Crippen molar-refractivity contribution in [1.29, 1.82) is 0 Å². The smallest absolute Gasteiger partial charge is 0.217 e. The summed E-state index contributed by atoms with van der Waals surface area (Å²) in [7, 11) is 0. The number of halogens is 2. The van der Waals surface area contributed by atoms with E-state index in [1.807, 2.05) is 13.8 Å². The third-order valence-corrected chi connectivity index (χ3v) is 1.43. The zero-order valence-corrected chi connectivity index (χ0v) is 8.11. The minimum absolute atomic E-state index is 0.0322. The van der Waals surface area contributed by atoms with Crippen LogP contribution in [0.3, 0.4) is 0 Å². The molecule has 0 atom stereocenters. The van der Waals surface area contributed by atoms with Crippen LogP contribution in [0, 0.1) is 12.9 Å². The van der Waals surface area contributed by atoms with Gasteiger partial charge < -0.3 is 5.73 Å². The van der Waals surface area contributed by atoms with Crippen molar-refractivity contribution in [3.05, 3.63) is 22.6 Å². The fourth-order valence-electron chi connectivity index (χ4n) is 0.571. The Hall–Kier alpha value is -0.830. The number of pyridine rings is 1. The van der Waals surface area contributed by atoms with Gasteiger partial charge in [-0.15, -0.1) is 0 Å². The predicted octanol–water partition coefficient (Wildman–Crippen LogP) is 2.79. The molecule has 0 bridgehead atoms. The Labute approximate surface area is 76.6 Å². The lowest BCUT2D eigenvalue weighted by molar-refractivity contribution is 0.576. The van der Waals surface area contributed by atoms with Gasteiger partial charge >= 0.3 is 0 Å². The fraction of sp³-hybridized carbons (Fsp3) is 0.375. The Kier molecular flexibility index (Phi) is 4.59. The number of rotatable bonds is 0. The van der Waals surface area contributed by atoms with Crippen molar-refractivity contribution in [2.45, 2.75) is 20.8 Å². The van der Waals surface area contributed by atoms with Gasteiger partial charge in [0.15, 0.2) is 0 Å². The third-order valence-electron chi connectivity index (χ3n) is 1.13. The van der Waals surface area contributed by atoms with E-state index in [1.165, 1.54) is 6.07 Å². The Morgan fingerprint density at radius 1 is 1.50 bits per heavy atom. The molecule has 0 aromatic carbocycles. The maximum Gasteiger partial charge on any atom is 0.217 e. The predicted molar refractivity (Wildman–Crippen MR) is 49.7 cm³/mol. The van der Waals surface area contributed by atoms with Gasteiger partial charge in [0, 0.05) is 5.56 Å². The normalized spacial score (nSPS) is 8.75. The van der Waals surface area contributed by atoms with Crippen molar-refractivity contribution in [3.8, 4) is 0 Å². The van der Waals surface area contributed by atoms with E-state index in [4.69, 9.17) is 17.3 Å². The Balaban J connectivity index is 0.000000561.